The molecule has 15 heavy (non-hydrogen) atoms. The first-order chi connectivity index (χ1) is 7.06. The van der Waals surface area contributed by atoms with E-state index in [4.69, 9.17) is 0 Å². The number of rotatable bonds is 2. The maximum Gasteiger partial charge on any atom is 0.161 e. The zero-order valence-electron chi connectivity index (χ0n) is 8.51. The van der Waals surface area contributed by atoms with Gasteiger partial charge < -0.3 is 9.88 Å². The number of benzene rings is 1. The number of nitrogens with zero attached hydrogens (tertiary/aromatic N) is 2. The van der Waals surface area contributed by atoms with Gasteiger partial charge in [-0.05, 0) is 14.1 Å². The number of nitrogens with one attached hydrogen (secondary N) is 1. The second kappa shape index (κ2) is 3.58. The lowest BCUT2D eigenvalue weighted by molar-refractivity contribution is 0.392. The van der Waals surface area contributed by atoms with E-state index in [1.165, 1.54) is 0 Å². The first kappa shape index (κ1) is 10.0. The van der Waals surface area contributed by atoms with Gasteiger partial charge in [-0.15, -0.1) is 0 Å². The molecule has 0 fully saturated rings. The summed E-state index contributed by atoms with van der Waals surface area (Å²) in [5.74, 6) is -1.03. The molecule has 3 nitrogen and oxygen atoms in total. The van der Waals surface area contributed by atoms with Gasteiger partial charge >= 0.3 is 0 Å². The van der Waals surface area contributed by atoms with Crippen LogP contribution in [0.15, 0.2) is 12.1 Å². The SMILES string of the molecule is CN(C)Cc1nc2cc(F)c(F)cc2[nH]1. The highest BCUT2D eigenvalue weighted by Crippen LogP contribution is 2.16. The van der Waals surface area contributed by atoms with E-state index >= 15 is 0 Å². The maximum atomic E-state index is 12.9. The van der Waals surface area contributed by atoms with Gasteiger partial charge in [0.25, 0.3) is 0 Å². The number of hydrogen-bond donors (Lipinski definition) is 1. The minimum Gasteiger partial charge on any atom is -0.341 e. The summed E-state index contributed by atoms with van der Waals surface area (Å²) in [5, 5.41) is 0. The molecule has 1 heterocycles. The third kappa shape index (κ3) is 1.97. The second-order valence-corrected chi connectivity index (χ2v) is 3.70. The molecule has 0 unspecified atom stereocenters. The van der Waals surface area contributed by atoms with Crippen LogP contribution in [0.25, 0.3) is 11.0 Å². The lowest BCUT2D eigenvalue weighted by atomic mass is 10.3. The highest BCUT2D eigenvalue weighted by atomic mass is 19.2. The minimum atomic E-state index is -0.870. The normalized spacial score (nSPS) is 11.5. The van der Waals surface area contributed by atoms with Crippen molar-refractivity contribution in [2.24, 2.45) is 0 Å². The fraction of sp³-hybridized carbons (Fsp3) is 0.300. The highest BCUT2D eigenvalue weighted by Gasteiger charge is 2.08. The van der Waals surface area contributed by atoms with Crippen LogP contribution in [0.1, 0.15) is 5.82 Å². The van der Waals surface area contributed by atoms with E-state index in [0.717, 1.165) is 12.1 Å². The van der Waals surface area contributed by atoms with E-state index in [9.17, 15) is 8.78 Å². The summed E-state index contributed by atoms with van der Waals surface area (Å²) < 4.78 is 25.8. The zero-order chi connectivity index (χ0) is 11.0. The van der Waals surface area contributed by atoms with Crippen molar-refractivity contribution in [1.29, 1.82) is 0 Å². The van der Waals surface area contributed by atoms with Crippen molar-refractivity contribution in [3.05, 3.63) is 29.6 Å². The summed E-state index contributed by atoms with van der Waals surface area (Å²) in [6, 6.07) is 2.22. The molecule has 0 amide bonds. The monoisotopic (exact) mass is 211 g/mol. The van der Waals surface area contributed by atoms with Crippen molar-refractivity contribution in [3.63, 3.8) is 0 Å². The van der Waals surface area contributed by atoms with Crippen molar-refractivity contribution in [1.82, 2.24) is 14.9 Å². The van der Waals surface area contributed by atoms with Crippen molar-refractivity contribution in [2.75, 3.05) is 14.1 Å². The average molecular weight is 211 g/mol. The number of H-pyrrole nitrogens is 1. The van der Waals surface area contributed by atoms with Crippen LogP contribution in [0, 0.1) is 11.6 Å². The molecule has 0 spiro atoms. The van der Waals surface area contributed by atoms with Crippen molar-refractivity contribution in [3.8, 4) is 0 Å². The molecule has 80 valence electrons. The first-order valence-electron chi connectivity index (χ1n) is 4.54. The molecule has 0 aliphatic rings. The Morgan fingerprint density at radius 2 is 1.93 bits per heavy atom. The van der Waals surface area contributed by atoms with Gasteiger partial charge in [0, 0.05) is 12.1 Å². The lowest BCUT2D eigenvalue weighted by Crippen LogP contribution is -2.11. The summed E-state index contributed by atoms with van der Waals surface area (Å²) in [7, 11) is 3.79. The van der Waals surface area contributed by atoms with E-state index in [2.05, 4.69) is 9.97 Å². The first-order valence-corrected chi connectivity index (χ1v) is 4.54. The van der Waals surface area contributed by atoms with Crippen LogP contribution in [0.4, 0.5) is 8.78 Å². The molecule has 1 N–H and O–H groups in total. The third-order valence-electron chi connectivity index (χ3n) is 2.04. The van der Waals surface area contributed by atoms with Gasteiger partial charge in [-0.3, -0.25) is 0 Å². The van der Waals surface area contributed by atoms with Gasteiger partial charge in [0.05, 0.1) is 17.6 Å². The van der Waals surface area contributed by atoms with E-state index in [-0.39, 0.29) is 0 Å². The topological polar surface area (TPSA) is 31.9 Å². The Balaban J connectivity index is 2.47. The number of hydrogen-bond acceptors (Lipinski definition) is 2. The Bertz CT molecular complexity index is 452. The Labute approximate surface area is 85.7 Å². The molecule has 1 aromatic heterocycles. The molecule has 5 heteroatoms. The van der Waals surface area contributed by atoms with E-state index in [0.29, 0.717) is 23.4 Å². The van der Waals surface area contributed by atoms with Crippen LogP contribution in [0.2, 0.25) is 0 Å². The summed E-state index contributed by atoms with van der Waals surface area (Å²) in [4.78, 5) is 9.01. The molecular weight excluding hydrogens is 200 g/mol. The van der Waals surface area contributed by atoms with Crippen LogP contribution < -0.4 is 0 Å². The van der Waals surface area contributed by atoms with Gasteiger partial charge in [-0.25, -0.2) is 13.8 Å². The quantitative estimate of drug-likeness (QED) is 0.822. The smallest absolute Gasteiger partial charge is 0.161 e. The van der Waals surface area contributed by atoms with Crippen LogP contribution in [-0.4, -0.2) is 29.0 Å². The fourth-order valence-corrected chi connectivity index (χ4v) is 1.43. The lowest BCUT2D eigenvalue weighted by Gasteiger charge is -2.04. The number of fused-ring (bicyclic) bond motifs is 1. The van der Waals surface area contributed by atoms with Crippen molar-refractivity contribution < 1.29 is 8.78 Å². The Morgan fingerprint density at radius 1 is 1.27 bits per heavy atom. The molecule has 0 aliphatic heterocycles. The predicted molar refractivity (Wildman–Crippen MR) is 53.4 cm³/mol. The van der Waals surface area contributed by atoms with E-state index in [1.54, 1.807) is 0 Å². The summed E-state index contributed by atoms with van der Waals surface area (Å²) in [6.07, 6.45) is 0. The second-order valence-electron chi connectivity index (χ2n) is 3.70. The third-order valence-corrected chi connectivity index (χ3v) is 2.04. The van der Waals surface area contributed by atoms with Crippen molar-refractivity contribution in [2.45, 2.75) is 6.54 Å². The molecule has 0 saturated heterocycles. The molecule has 0 aliphatic carbocycles. The average Bonchev–Trinajstić information content (AvgIpc) is 2.46. The van der Waals surface area contributed by atoms with E-state index in [1.807, 2.05) is 19.0 Å². The van der Waals surface area contributed by atoms with Crippen LogP contribution in [0.3, 0.4) is 0 Å². The summed E-state index contributed by atoms with van der Waals surface area (Å²) in [5.41, 5.74) is 0.969. The Hall–Kier alpha value is -1.49. The minimum absolute atomic E-state index is 0.450. The largest absolute Gasteiger partial charge is 0.341 e. The van der Waals surface area contributed by atoms with Crippen LogP contribution in [-0.2, 0) is 6.54 Å². The summed E-state index contributed by atoms with van der Waals surface area (Å²) in [6.45, 7) is 0.609. The predicted octanol–water partition coefficient (Wildman–Crippen LogP) is 1.90. The molecule has 0 radical (unpaired) electrons. The number of aromatic amines is 1. The van der Waals surface area contributed by atoms with E-state index < -0.39 is 11.6 Å². The maximum absolute atomic E-state index is 12.9. The number of imidazole rings is 1. The number of halogens is 2. The molecule has 0 saturated carbocycles. The Kier molecular flexibility index (Phi) is 2.40. The van der Waals surface area contributed by atoms with Gasteiger partial charge in [0.2, 0.25) is 0 Å². The number of aromatic nitrogens is 2. The molecule has 2 aromatic rings. The molecular formula is C10H11F2N3. The van der Waals surface area contributed by atoms with Crippen molar-refractivity contribution >= 4 is 11.0 Å². The standard InChI is InChI=1S/C10H11F2N3/c1-15(2)5-10-13-8-3-6(11)7(12)4-9(8)14-10/h3-4H,5H2,1-2H3,(H,13,14). The highest BCUT2D eigenvalue weighted by molar-refractivity contribution is 5.75. The van der Waals surface area contributed by atoms with Gasteiger partial charge in [-0.1, -0.05) is 0 Å². The zero-order valence-corrected chi connectivity index (χ0v) is 8.51. The molecule has 2 rings (SSSR count). The van der Waals surface area contributed by atoms with Gasteiger partial charge in [-0.2, -0.15) is 0 Å². The molecule has 1 aromatic carbocycles. The van der Waals surface area contributed by atoms with Crippen LogP contribution >= 0.6 is 0 Å². The molecule has 0 atom stereocenters. The summed E-state index contributed by atoms with van der Waals surface area (Å²) >= 11 is 0. The van der Waals surface area contributed by atoms with Gasteiger partial charge in [0.15, 0.2) is 11.6 Å². The Morgan fingerprint density at radius 3 is 2.60 bits per heavy atom. The molecule has 0 bridgehead atoms. The fourth-order valence-electron chi connectivity index (χ4n) is 1.43. The van der Waals surface area contributed by atoms with Crippen LogP contribution in [0.5, 0.6) is 0 Å². The van der Waals surface area contributed by atoms with Gasteiger partial charge in [0.1, 0.15) is 5.82 Å².